The Balaban J connectivity index is 2.43. The van der Waals surface area contributed by atoms with Crippen LogP contribution < -0.4 is 0 Å². The zero-order chi connectivity index (χ0) is 14.2. The van der Waals surface area contributed by atoms with Crippen LogP contribution in [0.5, 0.6) is 0 Å². The molecule has 5 nitrogen and oxygen atoms in total. The van der Waals surface area contributed by atoms with Gasteiger partial charge in [-0.1, -0.05) is 22.0 Å². The number of hydrogen-bond donors (Lipinski definition) is 1. The zero-order valence-corrected chi connectivity index (χ0v) is 12.8. The van der Waals surface area contributed by atoms with E-state index >= 15 is 0 Å². The van der Waals surface area contributed by atoms with Crippen molar-refractivity contribution in [1.29, 1.82) is 0 Å². The summed E-state index contributed by atoms with van der Waals surface area (Å²) in [7, 11) is -3.26. The van der Waals surface area contributed by atoms with Crippen LogP contribution in [0.2, 0.25) is 0 Å². The molecule has 1 N–H and O–H groups in total. The van der Waals surface area contributed by atoms with Crippen molar-refractivity contribution in [3.8, 4) is 5.69 Å². The fourth-order valence-corrected chi connectivity index (χ4v) is 2.86. The van der Waals surface area contributed by atoms with Crippen LogP contribution in [0.4, 0.5) is 0 Å². The van der Waals surface area contributed by atoms with Crippen LogP contribution in [0.15, 0.2) is 40.0 Å². The van der Waals surface area contributed by atoms with Crippen molar-refractivity contribution in [1.82, 2.24) is 9.78 Å². The average molecular weight is 345 g/mol. The normalized spacial score (nSPS) is 13.5. The number of sulfone groups is 1. The van der Waals surface area contributed by atoms with E-state index in [1.54, 1.807) is 25.1 Å². The summed E-state index contributed by atoms with van der Waals surface area (Å²) in [5.41, 5.74) is 1.48. The molecule has 19 heavy (non-hydrogen) atoms. The number of halogens is 1. The van der Waals surface area contributed by atoms with Crippen LogP contribution in [0.1, 0.15) is 18.6 Å². The summed E-state index contributed by atoms with van der Waals surface area (Å²) in [6.45, 7) is 1.68. The lowest BCUT2D eigenvalue weighted by Crippen LogP contribution is -1.98. The van der Waals surface area contributed by atoms with E-state index in [2.05, 4.69) is 21.0 Å². The smallest absolute Gasteiger partial charge is 0.178 e. The molecule has 0 saturated heterocycles. The first-order chi connectivity index (χ1) is 8.79. The van der Waals surface area contributed by atoms with Gasteiger partial charge in [-0.25, -0.2) is 13.1 Å². The molecule has 102 valence electrons. The third-order valence-electron chi connectivity index (χ3n) is 2.69. The zero-order valence-electron chi connectivity index (χ0n) is 10.4. The van der Waals surface area contributed by atoms with Crippen molar-refractivity contribution in [2.75, 3.05) is 6.26 Å². The second kappa shape index (κ2) is 5.07. The number of aliphatic hydroxyl groups excluding tert-OH is 1. The van der Waals surface area contributed by atoms with Crippen molar-refractivity contribution in [3.05, 3.63) is 40.6 Å². The first-order valence-electron chi connectivity index (χ1n) is 5.51. The Morgan fingerprint density at radius 2 is 2.11 bits per heavy atom. The lowest BCUT2D eigenvalue weighted by molar-refractivity contribution is 0.198. The first-order valence-corrected chi connectivity index (χ1v) is 8.20. The molecule has 0 amide bonds. The van der Waals surface area contributed by atoms with E-state index in [4.69, 9.17) is 0 Å². The predicted molar refractivity (Wildman–Crippen MR) is 75.0 cm³/mol. The molecule has 1 aromatic carbocycles. The topological polar surface area (TPSA) is 72.2 Å². The van der Waals surface area contributed by atoms with Gasteiger partial charge in [-0.05, 0) is 24.6 Å². The van der Waals surface area contributed by atoms with Gasteiger partial charge in [0.05, 0.1) is 18.0 Å². The van der Waals surface area contributed by atoms with Gasteiger partial charge >= 0.3 is 0 Å². The molecule has 0 aliphatic heterocycles. The Morgan fingerprint density at radius 3 is 2.58 bits per heavy atom. The van der Waals surface area contributed by atoms with Crippen molar-refractivity contribution in [2.45, 2.75) is 17.9 Å². The Bertz CT molecular complexity index is 708. The number of rotatable bonds is 3. The van der Waals surface area contributed by atoms with Gasteiger partial charge in [0.1, 0.15) is 4.90 Å². The highest BCUT2D eigenvalue weighted by atomic mass is 79.9. The Kier molecular flexibility index (Phi) is 3.80. The monoisotopic (exact) mass is 344 g/mol. The van der Waals surface area contributed by atoms with Crippen LogP contribution in [-0.4, -0.2) is 29.6 Å². The summed E-state index contributed by atoms with van der Waals surface area (Å²) in [5, 5.41) is 13.6. The molecule has 2 aromatic rings. The molecule has 1 atom stereocenters. The Morgan fingerprint density at radius 1 is 1.42 bits per heavy atom. The largest absolute Gasteiger partial charge is 0.389 e. The third kappa shape index (κ3) is 3.05. The molecular formula is C12H13BrN2O3S. The maximum Gasteiger partial charge on any atom is 0.178 e. The van der Waals surface area contributed by atoms with Crippen LogP contribution in [0, 0.1) is 0 Å². The second-order valence-corrected chi connectivity index (χ2v) is 7.14. The van der Waals surface area contributed by atoms with Gasteiger partial charge in [0.2, 0.25) is 0 Å². The molecule has 0 spiro atoms. The molecule has 1 unspecified atom stereocenters. The van der Waals surface area contributed by atoms with Crippen LogP contribution in [0.3, 0.4) is 0 Å². The Labute approximate surface area is 119 Å². The fourth-order valence-electron chi connectivity index (χ4n) is 1.64. The number of aromatic nitrogens is 2. The van der Waals surface area contributed by atoms with Gasteiger partial charge in [-0.15, -0.1) is 0 Å². The van der Waals surface area contributed by atoms with E-state index < -0.39 is 15.9 Å². The third-order valence-corrected chi connectivity index (χ3v) is 4.44. The van der Waals surface area contributed by atoms with Crippen molar-refractivity contribution < 1.29 is 13.5 Å². The summed E-state index contributed by atoms with van der Waals surface area (Å²) in [5.74, 6) is 0. The van der Waals surface area contributed by atoms with Crippen molar-refractivity contribution in [2.24, 2.45) is 0 Å². The minimum atomic E-state index is -3.26. The molecule has 0 bridgehead atoms. The van der Waals surface area contributed by atoms with Gasteiger partial charge < -0.3 is 5.11 Å². The van der Waals surface area contributed by atoms with Gasteiger partial charge in [-0.3, -0.25) is 0 Å². The van der Waals surface area contributed by atoms with Gasteiger partial charge in [0.25, 0.3) is 0 Å². The van der Waals surface area contributed by atoms with Crippen LogP contribution >= 0.6 is 15.9 Å². The summed E-state index contributed by atoms with van der Waals surface area (Å²) in [6.07, 6.45) is 3.33. The van der Waals surface area contributed by atoms with E-state index in [0.717, 1.165) is 16.3 Å². The van der Waals surface area contributed by atoms with Crippen molar-refractivity contribution in [3.63, 3.8) is 0 Å². The molecule has 0 fully saturated rings. The molecule has 0 saturated carbocycles. The van der Waals surface area contributed by atoms with E-state index in [1.165, 1.54) is 17.1 Å². The summed E-state index contributed by atoms with van der Waals surface area (Å²) in [4.78, 5) is 0.170. The average Bonchev–Trinajstić information content (AvgIpc) is 2.76. The molecule has 1 heterocycles. The molecule has 1 aromatic heterocycles. The minimum Gasteiger partial charge on any atom is -0.389 e. The second-order valence-electron chi connectivity index (χ2n) is 4.27. The number of aliphatic hydroxyl groups is 1. The summed E-state index contributed by atoms with van der Waals surface area (Å²) >= 11 is 3.37. The lowest BCUT2D eigenvalue weighted by Gasteiger charge is -2.09. The number of nitrogens with zero attached hydrogens (tertiary/aromatic N) is 2. The molecular weight excluding hydrogens is 332 g/mol. The molecule has 7 heteroatoms. The molecule has 0 aliphatic carbocycles. The highest BCUT2D eigenvalue weighted by molar-refractivity contribution is 9.10. The van der Waals surface area contributed by atoms with Gasteiger partial charge in [0, 0.05) is 16.9 Å². The predicted octanol–water partition coefficient (Wildman–Crippen LogP) is 2.09. The molecule has 0 radical (unpaired) electrons. The minimum absolute atomic E-state index is 0.170. The van der Waals surface area contributed by atoms with Crippen LogP contribution in [0.25, 0.3) is 5.69 Å². The van der Waals surface area contributed by atoms with E-state index in [1.807, 2.05) is 0 Å². The first kappa shape index (κ1) is 14.2. The standard InChI is InChI=1S/C12H13BrN2O3S/c1-8(16)11-4-3-9(5-12(11)13)15-7-10(6-14-15)19(2,17)18/h3-8,16H,1-2H3. The fraction of sp³-hybridized carbons (Fsp3) is 0.250. The van der Waals surface area contributed by atoms with Crippen molar-refractivity contribution >= 4 is 25.8 Å². The molecule has 2 rings (SSSR count). The van der Waals surface area contributed by atoms with E-state index in [9.17, 15) is 13.5 Å². The number of benzene rings is 1. The maximum atomic E-state index is 11.4. The summed E-state index contributed by atoms with van der Waals surface area (Å²) < 4.78 is 25.0. The maximum absolute atomic E-state index is 11.4. The van der Waals surface area contributed by atoms with E-state index in [-0.39, 0.29) is 4.90 Å². The van der Waals surface area contributed by atoms with Crippen LogP contribution in [-0.2, 0) is 9.84 Å². The quantitative estimate of drug-likeness (QED) is 0.925. The number of hydrogen-bond acceptors (Lipinski definition) is 4. The SMILES string of the molecule is CC(O)c1ccc(-n2cc(S(C)(=O)=O)cn2)cc1Br. The summed E-state index contributed by atoms with van der Waals surface area (Å²) in [6, 6.07) is 5.32. The van der Waals surface area contributed by atoms with Gasteiger partial charge in [-0.2, -0.15) is 5.10 Å². The molecule has 0 aliphatic rings. The Hall–Kier alpha value is -1.18. The lowest BCUT2D eigenvalue weighted by atomic mass is 10.1. The highest BCUT2D eigenvalue weighted by Gasteiger charge is 2.12. The van der Waals surface area contributed by atoms with E-state index in [0.29, 0.717) is 5.69 Å². The highest BCUT2D eigenvalue weighted by Crippen LogP contribution is 2.26. The van der Waals surface area contributed by atoms with Gasteiger partial charge in [0.15, 0.2) is 9.84 Å².